The summed E-state index contributed by atoms with van der Waals surface area (Å²) < 4.78 is 53.9. The molecule has 96 valence electrons. The second-order valence-electron chi connectivity index (χ2n) is 3.40. The average Bonchev–Trinajstić information content (AvgIpc) is 2.21. The molecule has 0 unspecified atom stereocenters. The lowest BCUT2D eigenvalue weighted by Gasteiger charge is -2.15. The van der Waals surface area contributed by atoms with Crippen molar-refractivity contribution in [2.75, 3.05) is 12.3 Å². The van der Waals surface area contributed by atoms with Crippen LogP contribution in [0, 0.1) is 0 Å². The molecule has 0 aliphatic carbocycles. The molecule has 0 fully saturated rings. The summed E-state index contributed by atoms with van der Waals surface area (Å²) in [7, 11) is 0. The summed E-state index contributed by atoms with van der Waals surface area (Å²) in [5.74, 6) is -4.13. The maximum atomic E-state index is 12.5. The quantitative estimate of drug-likeness (QED) is 0.667. The van der Waals surface area contributed by atoms with Crippen molar-refractivity contribution < 1.29 is 22.3 Å². The number of halogens is 5. The van der Waals surface area contributed by atoms with Crippen LogP contribution in [0.2, 0.25) is 0 Å². The maximum absolute atomic E-state index is 12.5. The molecular weight excluding hydrogens is 306 g/mol. The molecule has 17 heavy (non-hydrogen) atoms. The van der Waals surface area contributed by atoms with Crippen LogP contribution < -0.4 is 5.73 Å². The lowest BCUT2D eigenvalue weighted by Crippen LogP contribution is -2.32. The van der Waals surface area contributed by atoms with Crippen molar-refractivity contribution in [3.05, 3.63) is 28.2 Å². The van der Waals surface area contributed by atoms with E-state index in [9.17, 15) is 17.6 Å². The molecule has 0 saturated carbocycles. The first kappa shape index (κ1) is 14.2. The Balaban J connectivity index is 2.51. The van der Waals surface area contributed by atoms with Crippen LogP contribution in [0.4, 0.5) is 23.2 Å². The highest BCUT2D eigenvalue weighted by Gasteiger charge is 2.40. The summed E-state index contributed by atoms with van der Waals surface area (Å²) >= 11 is 3.18. The van der Waals surface area contributed by atoms with Gasteiger partial charge in [-0.25, -0.2) is 8.78 Å². The fraction of sp³-hybridized carbons (Fsp3) is 0.400. The maximum Gasteiger partial charge on any atom is 0.330 e. The lowest BCUT2D eigenvalue weighted by molar-refractivity contribution is -0.168. The van der Waals surface area contributed by atoms with Gasteiger partial charge in [-0.2, -0.15) is 8.78 Å². The number of ether oxygens (including phenoxy) is 1. The number of hydrogen-bond donors (Lipinski definition) is 1. The first-order valence-electron chi connectivity index (χ1n) is 4.60. The molecule has 2 nitrogen and oxygen atoms in total. The third-order valence-corrected chi connectivity index (χ3v) is 2.47. The highest BCUT2D eigenvalue weighted by atomic mass is 79.9. The van der Waals surface area contributed by atoms with Gasteiger partial charge in [-0.3, -0.25) is 0 Å². The van der Waals surface area contributed by atoms with Gasteiger partial charge < -0.3 is 10.5 Å². The molecule has 0 aliphatic rings. The van der Waals surface area contributed by atoms with E-state index in [4.69, 9.17) is 5.73 Å². The van der Waals surface area contributed by atoms with E-state index in [0.717, 1.165) is 4.47 Å². The lowest BCUT2D eigenvalue weighted by atomic mass is 10.2. The summed E-state index contributed by atoms with van der Waals surface area (Å²) in [5.41, 5.74) is 6.40. The number of benzene rings is 1. The van der Waals surface area contributed by atoms with Crippen molar-refractivity contribution in [1.29, 1.82) is 0 Å². The summed E-state index contributed by atoms with van der Waals surface area (Å²) in [6, 6.07) is 4.80. The standard InChI is InChI=1S/C10H10BrF4NO/c11-7-2-1-6(8(16)3-7)4-17-5-10(14,15)9(12)13/h1-3,9H,4-5,16H2. The zero-order chi connectivity index (χ0) is 13.1. The van der Waals surface area contributed by atoms with Crippen molar-refractivity contribution in [1.82, 2.24) is 0 Å². The molecule has 0 amide bonds. The fourth-order valence-corrected chi connectivity index (χ4v) is 1.44. The Morgan fingerprint density at radius 1 is 1.35 bits per heavy atom. The Labute approximate surface area is 104 Å². The minimum atomic E-state index is -4.13. The summed E-state index contributed by atoms with van der Waals surface area (Å²) in [6.45, 7) is -1.57. The minimum Gasteiger partial charge on any atom is -0.398 e. The fourth-order valence-electron chi connectivity index (χ4n) is 1.06. The highest BCUT2D eigenvalue weighted by molar-refractivity contribution is 9.10. The molecule has 0 saturated heterocycles. The Bertz CT molecular complexity index is 387. The van der Waals surface area contributed by atoms with E-state index >= 15 is 0 Å². The summed E-state index contributed by atoms with van der Waals surface area (Å²) in [4.78, 5) is 0. The molecule has 0 spiro atoms. The number of hydrogen-bond acceptors (Lipinski definition) is 2. The predicted molar refractivity (Wildman–Crippen MR) is 59.2 cm³/mol. The van der Waals surface area contributed by atoms with Crippen LogP contribution in [0.1, 0.15) is 5.56 Å². The SMILES string of the molecule is Nc1cc(Br)ccc1COCC(F)(F)C(F)F. The Kier molecular flexibility index (Phi) is 4.76. The van der Waals surface area contributed by atoms with Gasteiger partial charge in [0.2, 0.25) is 0 Å². The monoisotopic (exact) mass is 315 g/mol. The third-order valence-electron chi connectivity index (χ3n) is 1.98. The van der Waals surface area contributed by atoms with Crippen molar-refractivity contribution >= 4 is 21.6 Å². The molecule has 7 heteroatoms. The topological polar surface area (TPSA) is 35.2 Å². The van der Waals surface area contributed by atoms with E-state index in [0.29, 0.717) is 11.3 Å². The van der Waals surface area contributed by atoms with Gasteiger partial charge in [-0.15, -0.1) is 0 Å². The van der Waals surface area contributed by atoms with Gasteiger partial charge in [0.05, 0.1) is 6.61 Å². The Morgan fingerprint density at radius 3 is 2.53 bits per heavy atom. The molecule has 1 rings (SSSR count). The zero-order valence-corrected chi connectivity index (χ0v) is 10.2. The summed E-state index contributed by atoms with van der Waals surface area (Å²) in [6.07, 6.45) is -3.73. The van der Waals surface area contributed by atoms with Crippen LogP contribution in [0.5, 0.6) is 0 Å². The van der Waals surface area contributed by atoms with Crippen LogP contribution in [-0.2, 0) is 11.3 Å². The Morgan fingerprint density at radius 2 is 2.00 bits per heavy atom. The van der Waals surface area contributed by atoms with Gasteiger partial charge in [-0.1, -0.05) is 22.0 Å². The van der Waals surface area contributed by atoms with Crippen LogP contribution in [0.25, 0.3) is 0 Å². The minimum absolute atomic E-state index is 0.235. The summed E-state index contributed by atoms with van der Waals surface area (Å²) in [5, 5.41) is 0. The van der Waals surface area contributed by atoms with Crippen molar-refractivity contribution in [3.8, 4) is 0 Å². The van der Waals surface area contributed by atoms with Crippen molar-refractivity contribution in [2.24, 2.45) is 0 Å². The molecular formula is C10H10BrF4NO. The first-order valence-corrected chi connectivity index (χ1v) is 5.40. The van der Waals surface area contributed by atoms with Gasteiger partial charge in [0.25, 0.3) is 0 Å². The van der Waals surface area contributed by atoms with Crippen molar-refractivity contribution in [3.63, 3.8) is 0 Å². The van der Waals surface area contributed by atoms with E-state index in [1.807, 2.05) is 0 Å². The smallest absolute Gasteiger partial charge is 0.330 e. The molecule has 0 atom stereocenters. The van der Waals surface area contributed by atoms with Crippen LogP contribution >= 0.6 is 15.9 Å². The van der Waals surface area contributed by atoms with E-state index < -0.39 is 19.0 Å². The predicted octanol–water partition coefficient (Wildman–Crippen LogP) is 3.45. The zero-order valence-electron chi connectivity index (χ0n) is 8.60. The van der Waals surface area contributed by atoms with Crippen molar-refractivity contribution in [2.45, 2.75) is 19.0 Å². The molecule has 1 aromatic carbocycles. The molecule has 0 aliphatic heterocycles. The van der Waals surface area contributed by atoms with Crippen LogP contribution in [-0.4, -0.2) is 19.0 Å². The average molecular weight is 316 g/mol. The molecule has 0 bridgehead atoms. The van der Waals surface area contributed by atoms with E-state index in [-0.39, 0.29) is 6.61 Å². The largest absolute Gasteiger partial charge is 0.398 e. The number of nitrogen functional groups attached to an aromatic ring is 1. The van der Waals surface area contributed by atoms with E-state index in [1.165, 1.54) is 0 Å². The van der Waals surface area contributed by atoms with Crippen LogP contribution in [0.3, 0.4) is 0 Å². The third kappa shape index (κ3) is 4.16. The van der Waals surface area contributed by atoms with Gasteiger partial charge in [0.1, 0.15) is 6.61 Å². The van der Waals surface area contributed by atoms with Gasteiger partial charge in [0.15, 0.2) is 0 Å². The second-order valence-corrected chi connectivity index (χ2v) is 4.31. The number of anilines is 1. The second kappa shape index (κ2) is 5.68. The normalized spacial score (nSPS) is 12.1. The molecule has 1 aromatic rings. The van der Waals surface area contributed by atoms with Crippen LogP contribution in [0.15, 0.2) is 22.7 Å². The van der Waals surface area contributed by atoms with E-state index in [2.05, 4.69) is 20.7 Å². The molecule has 2 N–H and O–H groups in total. The van der Waals surface area contributed by atoms with Gasteiger partial charge >= 0.3 is 12.3 Å². The number of nitrogens with two attached hydrogens (primary N) is 1. The van der Waals surface area contributed by atoms with Gasteiger partial charge in [0, 0.05) is 15.7 Å². The molecule has 0 aromatic heterocycles. The molecule has 0 heterocycles. The Hall–Kier alpha value is -0.820. The first-order chi connectivity index (χ1) is 7.83. The highest BCUT2D eigenvalue weighted by Crippen LogP contribution is 2.24. The van der Waals surface area contributed by atoms with E-state index in [1.54, 1.807) is 18.2 Å². The van der Waals surface area contributed by atoms with Gasteiger partial charge in [-0.05, 0) is 12.1 Å². The molecule has 0 radical (unpaired) electrons. The number of rotatable bonds is 5. The number of alkyl halides is 4.